The van der Waals surface area contributed by atoms with E-state index in [1.165, 1.54) is 68.5 Å². The van der Waals surface area contributed by atoms with Crippen molar-refractivity contribution in [1.82, 2.24) is 9.88 Å². The molecule has 0 aromatic carbocycles. The second kappa shape index (κ2) is 6.95. The van der Waals surface area contributed by atoms with E-state index in [-0.39, 0.29) is 0 Å². The third kappa shape index (κ3) is 3.37. The van der Waals surface area contributed by atoms with Gasteiger partial charge in [0.25, 0.3) is 0 Å². The predicted molar refractivity (Wildman–Crippen MR) is 86.2 cm³/mol. The number of hydrogen-bond donors (Lipinski definition) is 0. The van der Waals surface area contributed by atoms with Gasteiger partial charge < -0.3 is 0 Å². The van der Waals surface area contributed by atoms with Gasteiger partial charge in [-0.15, -0.1) is 11.8 Å². The van der Waals surface area contributed by atoms with Crippen LogP contribution in [0.15, 0.2) is 23.4 Å². The lowest BCUT2D eigenvalue weighted by atomic mass is 9.97. The van der Waals surface area contributed by atoms with Crippen molar-refractivity contribution in [3.63, 3.8) is 0 Å². The average molecular weight is 290 g/mol. The molecule has 1 aliphatic heterocycles. The molecule has 110 valence electrons. The number of piperidine rings is 1. The molecular weight excluding hydrogens is 264 g/mol. The molecule has 20 heavy (non-hydrogen) atoms. The molecule has 0 bridgehead atoms. The second-order valence-corrected chi connectivity index (χ2v) is 7.56. The number of rotatable bonds is 3. The molecule has 1 aromatic rings. The molecule has 0 N–H and O–H groups in total. The molecule has 0 amide bonds. The smallest absolute Gasteiger partial charge is 0.101 e. The first kappa shape index (κ1) is 14.4. The third-order valence-corrected chi connectivity index (χ3v) is 6.13. The molecule has 1 saturated carbocycles. The van der Waals surface area contributed by atoms with Gasteiger partial charge in [-0.05, 0) is 45.3 Å². The Bertz CT molecular complexity index is 429. The fourth-order valence-corrected chi connectivity index (χ4v) is 4.91. The Kier molecular flexibility index (Phi) is 5.00. The highest BCUT2D eigenvalue weighted by Gasteiger charge is 2.25. The molecule has 2 aliphatic rings. The maximum atomic E-state index is 4.72. The van der Waals surface area contributed by atoms with Crippen molar-refractivity contribution >= 4 is 11.8 Å². The van der Waals surface area contributed by atoms with E-state index < -0.39 is 0 Å². The van der Waals surface area contributed by atoms with Gasteiger partial charge in [-0.2, -0.15) is 0 Å². The molecule has 0 spiro atoms. The minimum absolute atomic E-state index is 0.587. The maximum Gasteiger partial charge on any atom is 0.101 e. The highest BCUT2D eigenvalue weighted by Crippen LogP contribution is 2.39. The lowest BCUT2D eigenvalue weighted by molar-refractivity contribution is 0.184. The van der Waals surface area contributed by atoms with E-state index in [9.17, 15) is 0 Å². The topological polar surface area (TPSA) is 16.1 Å². The normalized spacial score (nSPS) is 25.8. The Hall–Kier alpha value is -0.540. The van der Waals surface area contributed by atoms with E-state index in [1.54, 1.807) is 0 Å². The number of thioether (sulfide) groups is 1. The summed E-state index contributed by atoms with van der Waals surface area (Å²) in [5.41, 5.74) is 1.48. The molecule has 2 fully saturated rings. The minimum Gasteiger partial charge on any atom is -0.299 e. The predicted octanol–water partition coefficient (Wildman–Crippen LogP) is 4.66. The fourth-order valence-electron chi connectivity index (χ4n) is 3.56. The van der Waals surface area contributed by atoms with E-state index in [0.717, 1.165) is 5.25 Å². The summed E-state index contributed by atoms with van der Waals surface area (Å²) < 4.78 is 0. The van der Waals surface area contributed by atoms with Gasteiger partial charge in [0.1, 0.15) is 5.03 Å². The number of nitrogens with zero attached hydrogens (tertiary/aromatic N) is 2. The van der Waals surface area contributed by atoms with Crippen LogP contribution in [0.1, 0.15) is 63.0 Å². The van der Waals surface area contributed by atoms with Gasteiger partial charge in [0.05, 0.1) is 0 Å². The SMILES string of the molecule is CN1CCCC[C@H]1c1cccnc1SC1CCCCC1. The lowest BCUT2D eigenvalue weighted by Crippen LogP contribution is -2.30. The lowest BCUT2D eigenvalue weighted by Gasteiger charge is -2.34. The van der Waals surface area contributed by atoms with E-state index in [2.05, 4.69) is 24.1 Å². The summed E-state index contributed by atoms with van der Waals surface area (Å²) in [6, 6.07) is 5.01. The van der Waals surface area contributed by atoms with Crippen LogP contribution in [0.25, 0.3) is 0 Å². The standard InChI is InChI=1S/C17H26N2S/c1-19-13-6-5-11-16(19)15-10-7-12-18-17(15)20-14-8-3-2-4-9-14/h7,10,12,14,16H,2-6,8-9,11,13H2,1H3/t16-/m0/s1. The molecule has 2 heterocycles. The van der Waals surface area contributed by atoms with Crippen LogP contribution in [0.2, 0.25) is 0 Å². The zero-order chi connectivity index (χ0) is 13.8. The van der Waals surface area contributed by atoms with E-state index in [1.807, 2.05) is 18.0 Å². The van der Waals surface area contributed by atoms with Gasteiger partial charge in [0.15, 0.2) is 0 Å². The summed E-state index contributed by atoms with van der Waals surface area (Å²) in [6.45, 7) is 1.23. The summed E-state index contributed by atoms with van der Waals surface area (Å²) in [5, 5.41) is 2.10. The van der Waals surface area contributed by atoms with Crippen molar-refractivity contribution in [2.24, 2.45) is 0 Å². The van der Waals surface area contributed by atoms with Crippen molar-refractivity contribution in [3.8, 4) is 0 Å². The van der Waals surface area contributed by atoms with Crippen LogP contribution in [0.5, 0.6) is 0 Å². The Morgan fingerprint density at radius 1 is 1.10 bits per heavy atom. The summed E-state index contributed by atoms with van der Waals surface area (Å²) in [5.74, 6) is 0. The number of likely N-dealkylation sites (tertiary alicyclic amines) is 1. The van der Waals surface area contributed by atoms with Crippen LogP contribution in [0.4, 0.5) is 0 Å². The maximum absolute atomic E-state index is 4.72. The summed E-state index contributed by atoms with van der Waals surface area (Å²) in [6.07, 6.45) is 13.0. The summed E-state index contributed by atoms with van der Waals surface area (Å²) in [7, 11) is 2.27. The Morgan fingerprint density at radius 2 is 1.90 bits per heavy atom. The zero-order valence-corrected chi connectivity index (χ0v) is 13.4. The van der Waals surface area contributed by atoms with Gasteiger partial charge in [0, 0.05) is 23.1 Å². The van der Waals surface area contributed by atoms with Crippen LogP contribution in [0, 0.1) is 0 Å². The van der Waals surface area contributed by atoms with Gasteiger partial charge in [-0.25, -0.2) is 4.98 Å². The van der Waals surface area contributed by atoms with Crippen molar-refractivity contribution in [2.75, 3.05) is 13.6 Å². The van der Waals surface area contributed by atoms with Gasteiger partial charge in [-0.1, -0.05) is 31.7 Å². The Morgan fingerprint density at radius 3 is 2.70 bits per heavy atom. The molecule has 3 heteroatoms. The van der Waals surface area contributed by atoms with Crippen molar-refractivity contribution in [2.45, 2.75) is 67.7 Å². The Balaban J connectivity index is 1.76. The zero-order valence-electron chi connectivity index (χ0n) is 12.6. The highest BCUT2D eigenvalue weighted by molar-refractivity contribution is 7.99. The van der Waals surface area contributed by atoms with Gasteiger partial charge in [-0.3, -0.25) is 4.90 Å². The van der Waals surface area contributed by atoms with Crippen molar-refractivity contribution < 1.29 is 0 Å². The molecule has 1 aromatic heterocycles. The Labute approximate surface area is 127 Å². The van der Waals surface area contributed by atoms with Crippen LogP contribution in [-0.2, 0) is 0 Å². The second-order valence-electron chi connectivity index (χ2n) is 6.27. The van der Waals surface area contributed by atoms with E-state index in [4.69, 9.17) is 4.98 Å². The average Bonchev–Trinajstić information content (AvgIpc) is 2.50. The monoisotopic (exact) mass is 290 g/mol. The first-order valence-electron chi connectivity index (χ1n) is 8.16. The van der Waals surface area contributed by atoms with Crippen molar-refractivity contribution in [1.29, 1.82) is 0 Å². The van der Waals surface area contributed by atoms with Crippen LogP contribution in [0.3, 0.4) is 0 Å². The van der Waals surface area contributed by atoms with Crippen LogP contribution >= 0.6 is 11.8 Å². The van der Waals surface area contributed by atoms with Crippen LogP contribution in [-0.4, -0.2) is 28.7 Å². The summed E-state index contributed by atoms with van der Waals surface area (Å²) >= 11 is 2.05. The molecule has 1 atom stereocenters. The largest absolute Gasteiger partial charge is 0.299 e. The third-order valence-electron chi connectivity index (χ3n) is 4.76. The summed E-state index contributed by atoms with van der Waals surface area (Å²) in [4.78, 5) is 7.24. The number of hydrogen-bond acceptors (Lipinski definition) is 3. The minimum atomic E-state index is 0.587. The molecule has 0 radical (unpaired) electrons. The number of aromatic nitrogens is 1. The highest BCUT2D eigenvalue weighted by atomic mass is 32.2. The van der Waals surface area contributed by atoms with Gasteiger partial charge in [0.2, 0.25) is 0 Å². The van der Waals surface area contributed by atoms with E-state index in [0.29, 0.717) is 6.04 Å². The molecule has 0 unspecified atom stereocenters. The van der Waals surface area contributed by atoms with Crippen LogP contribution < -0.4 is 0 Å². The molecular formula is C17H26N2S. The van der Waals surface area contributed by atoms with Crippen molar-refractivity contribution in [3.05, 3.63) is 23.9 Å². The number of pyridine rings is 1. The van der Waals surface area contributed by atoms with Gasteiger partial charge >= 0.3 is 0 Å². The first-order chi connectivity index (χ1) is 9.84. The molecule has 1 aliphatic carbocycles. The fraction of sp³-hybridized carbons (Fsp3) is 0.706. The molecule has 2 nitrogen and oxygen atoms in total. The molecule has 1 saturated heterocycles. The quantitative estimate of drug-likeness (QED) is 0.805. The molecule has 3 rings (SSSR count). The van der Waals surface area contributed by atoms with E-state index >= 15 is 0 Å². The first-order valence-corrected chi connectivity index (χ1v) is 9.04.